The number of carbonyl (C=O) groups is 2. The van der Waals surface area contributed by atoms with E-state index in [1.54, 1.807) is 11.3 Å². The molecule has 5 nitrogen and oxygen atoms in total. The first kappa shape index (κ1) is 19.0. The van der Waals surface area contributed by atoms with E-state index in [4.69, 9.17) is 0 Å². The Morgan fingerprint density at radius 1 is 1.16 bits per heavy atom. The number of amides is 2. The molecule has 1 aromatic carbocycles. The zero-order valence-corrected chi connectivity index (χ0v) is 14.6. The van der Waals surface area contributed by atoms with Crippen LogP contribution >= 0.6 is 11.3 Å². The minimum atomic E-state index is -0.707. The average molecular weight is 368 g/mol. The minimum Gasteiger partial charge on any atom is -0.346 e. The molecular formula is C17H20F2N3O2S+. The predicted molar refractivity (Wildman–Crippen MR) is 92.4 cm³/mol. The molecule has 134 valence electrons. The Morgan fingerprint density at radius 2 is 1.92 bits per heavy atom. The van der Waals surface area contributed by atoms with Gasteiger partial charge in [-0.15, -0.1) is 11.3 Å². The molecule has 25 heavy (non-hydrogen) atoms. The molecule has 0 aliphatic heterocycles. The number of hydrogen-bond acceptors (Lipinski definition) is 3. The van der Waals surface area contributed by atoms with Crippen molar-refractivity contribution >= 4 is 28.8 Å². The van der Waals surface area contributed by atoms with Gasteiger partial charge in [-0.1, -0.05) is 6.07 Å². The molecule has 0 aliphatic carbocycles. The second-order valence-corrected chi connectivity index (χ2v) is 6.52. The summed E-state index contributed by atoms with van der Waals surface area (Å²) in [7, 11) is 0. The molecule has 0 saturated carbocycles. The third kappa shape index (κ3) is 6.24. The summed E-state index contributed by atoms with van der Waals surface area (Å²) in [5, 5.41) is 7.07. The summed E-state index contributed by atoms with van der Waals surface area (Å²) in [6.07, 6.45) is 0. The molecule has 0 fully saturated rings. The van der Waals surface area contributed by atoms with Gasteiger partial charge in [0.1, 0.15) is 11.6 Å². The van der Waals surface area contributed by atoms with Gasteiger partial charge in [0, 0.05) is 10.9 Å². The number of likely N-dealkylation sites (N-methyl/N-ethyl adjacent to an activating group) is 1. The van der Waals surface area contributed by atoms with E-state index in [-0.39, 0.29) is 24.7 Å². The van der Waals surface area contributed by atoms with Crippen molar-refractivity contribution in [1.82, 2.24) is 5.32 Å². The molecule has 0 saturated heterocycles. The molecule has 1 heterocycles. The van der Waals surface area contributed by atoms with Crippen LogP contribution in [-0.4, -0.2) is 31.4 Å². The molecule has 2 rings (SSSR count). The van der Waals surface area contributed by atoms with Crippen molar-refractivity contribution in [2.45, 2.75) is 13.5 Å². The lowest BCUT2D eigenvalue weighted by Gasteiger charge is -2.17. The Bertz CT molecular complexity index is 723. The van der Waals surface area contributed by atoms with E-state index in [1.807, 2.05) is 24.4 Å². The molecule has 1 atom stereocenters. The fraction of sp³-hybridized carbons (Fsp3) is 0.294. The number of benzene rings is 1. The maximum absolute atomic E-state index is 13.5. The van der Waals surface area contributed by atoms with Gasteiger partial charge in [-0.3, -0.25) is 9.59 Å². The number of nitrogens with one attached hydrogen (secondary N) is 3. The highest BCUT2D eigenvalue weighted by atomic mass is 32.1. The van der Waals surface area contributed by atoms with Gasteiger partial charge in [0.05, 0.1) is 18.8 Å². The molecule has 3 N–H and O–H groups in total. The summed E-state index contributed by atoms with van der Waals surface area (Å²) in [4.78, 5) is 25.8. The summed E-state index contributed by atoms with van der Waals surface area (Å²) >= 11 is 1.55. The molecule has 1 unspecified atom stereocenters. The van der Waals surface area contributed by atoms with Crippen LogP contribution in [0.5, 0.6) is 0 Å². The summed E-state index contributed by atoms with van der Waals surface area (Å²) < 4.78 is 26.7. The predicted octanol–water partition coefficient (Wildman–Crippen LogP) is 1.19. The molecule has 0 bridgehead atoms. The van der Waals surface area contributed by atoms with Crippen LogP contribution in [0.15, 0.2) is 35.7 Å². The maximum atomic E-state index is 13.5. The summed E-state index contributed by atoms with van der Waals surface area (Å²) in [6.45, 7) is 2.96. The van der Waals surface area contributed by atoms with Crippen molar-refractivity contribution in [3.05, 3.63) is 52.2 Å². The number of hydrogen-bond donors (Lipinski definition) is 3. The van der Waals surface area contributed by atoms with Crippen LogP contribution in [0.1, 0.15) is 11.8 Å². The number of carbonyl (C=O) groups excluding carboxylic acids is 2. The number of rotatable bonds is 8. The van der Waals surface area contributed by atoms with E-state index >= 15 is 0 Å². The van der Waals surface area contributed by atoms with Crippen LogP contribution < -0.4 is 15.5 Å². The smallest absolute Gasteiger partial charge is 0.279 e. The van der Waals surface area contributed by atoms with Crippen molar-refractivity contribution in [2.75, 3.05) is 25.0 Å². The van der Waals surface area contributed by atoms with Crippen LogP contribution in [0, 0.1) is 11.6 Å². The quantitative estimate of drug-likeness (QED) is 0.655. The zero-order valence-electron chi connectivity index (χ0n) is 13.8. The van der Waals surface area contributed by atoms with E-state index in [0.29, 0.717) is 13.1 Å². The van der Waals surface area contributed by atoms with Crippen molar-refractivity contribution in [3.63, 3.8) is 0 Å². The van der Waals surface area contributed by atoms with Crippen molar-refractivity contribution in [1.29, 1.82) is 0 Å². The lowest BCUT2D eigenvalue weighted by molar-refractivity contribution is -0.881. The third-order valence-corrected chi connectivity index (χ3v) is 4.44. The minimum absolute atomic E-state index is 0.0150. The molecule has 0 aliphatic rings. The first-order valence-electron chi connectivity index (χ1n) is 7.85. The molecule has 8 heteroatoms. The van der Waals surface area contributed by atoms with Crippen LogP contribution in [0.3, 0.4) is 0 Å². The lowest BCUT2D eigenvalue weighted by Crippen LogP contribution is -3.14. The van der Waals surface area contributed by atoms with Gasteiger partial charge in [-0.05, 0) is 30.5 Å². The number of anilines is 1. The highest BCUT2D eigenvalue weighted by Gasteiger charge is 2.18. The Balaban J connectivity index is 1.82. The van der Waals surface area contributed by atoms with E-state index in [1.165, 1.54) is 0 Å². The van der Waals surface area contributed by atoms with Crippen LogP contribution in [0.4, 0.5) is 14.5 Å². The second-order valence-electron chi connectivity index (χ2n) is 5.49. The Hall–Kier alpha value is -2.32. The molecule has 2 amide bonds. The van der Waals surface area contributed by atoms with Crippen molar-refractivity contribution in [3.8, 4) is 0 Å². The SMILES string of the molecule is CC[NH+](CC(=O)NCc1cccs1)CC(=O)Nc1cc(F)ccc1F. The monoisotopic (exact) mass is 368 g/mol. The van der Waals surface area contributed by atoms with Gasteiger partial charge >= 0.3 is 0 Å². The molecule has 2 aromatic rings. The van der Waals surface area contributed by atoms with Crippen LogP contribution in [0.2, 0.25) is 0 Å². The van der Waals surface area contributed by atoms with E-state index in [9.17, 15) is 18.4 Å². The Labute approximate surface area is 148 Å². The number of thiophene rings is 1. The van der Waals surface area contributed by atoms with Crippen molar-refractivity contribution in [2.24, 2.45) is 0 Å². The van der Waals surface area contributed by atoms with Gasteiger partial charge < -0.3 is 15.5 Å². The summed E-state index contributed by atoms with van der Waals surface area (Å²) in [5.74, 6) is -1.99. The van der Waals surface area contributed by atoms with Gasteiger partial charge in [0.25, 0.3) is 11.8 Å². The van der Waals surface area contributed by atoms with Gasteiger partial charge in [-0.2, -0.15) is 0 Å². The second kappa shape index (κ2) is 9.24. The first-order valence-corrected chi connectivity index (χ1v) is 8.73. The molecular weight excluding hydrogens is 348 g/mol. The molecule has 1 aromatic heterocycles. The summed E-state index contributed by atoms with van der Waals surface area (Å²) in [6, 6.07) is 6.69. The zero-order chi connectivity index (χ0) is 18.2. The van der Waals surface area contributed by atoms with Gasteiger partial charge in [0.2, 0.25) is 0 Å². The number of halogens is 2. The highest BCUT2D eigenvalue weighted by Crippen LogP contribution is 2.14. The van der Waals surface area contributed by atoms with E-state index in [0.717, 1.165) is 28.0 Å². The molecule has 0 radical (unpaired) electrons. The largest absolute Gasteiger partial charge is 0.346 e. The lowest BCUT2D eigenvalue weighted by atomic mass is 10.3. The fourth-order valence-electron chi connectivity index (χ4n) is 2.22. The maximum Gasteiger partial charge on any atom is 0.279 e. The summed E-state index contributed by atoms with van der Waals surface area (Å²) in [5.41, 5.74) is -0.206. The number of quaternary nitrogens is 1. The third-order valence-electron chi connectivity index (χ3n) is 3.56. The van der Waals surface area contributed by atoms with E-state index in [2.05, 4.69) is 10.6 Å². The van der Waals surface area contributed by atoms with Crippen molar-refractivity contribution < 1.29 is 23.3 Å². The first-order chi connectivity index (χ1) is 12.0. The van der Waals surface area contributed by atoms with Crippen LogP contribution in [0.25, 0.3) is 0 Å². The van der Waals surface area contributed by atoms with Crippen LogP contribution in [-0.2, 0) is 16.1 Å². The fourth-order valence-corrected chi connectivity index (χ4v) is 2.86. The Kier molecular flexibility index (Phi) is 7.03. The van der Waals surface area contributed by atoms with Gasteiger partial charge in [-0.25, -0.2) is 8.78 Å². The standard InChI is InChI=1S/C17H19F2N3O2S/c1-2-22(10-16(23)20-9-13-4-3-7-25-13)11-17(24)21-15-8-12(18)5-6-14(15)19/h3-8H,2,9-11H2,1H3,(H,20,23)(H,21,24)/p+1. The molecule has 0 spiro atoms. The van der Waals surface area contributed by atoms with E-state index < -0.39 is 17.5 Å². The van der Waals surface area contributed by atoms with Gasteiger partial charge in [0.15, 0.2) is 13.1 Å². The highest BCUT2D eigenvalue weighted by molar-refractivity contribution is 7.09. The normalized spacial score (nSPS) is 11.8. The average Bonchev–Trinajstić information content (AvgIpc) is 3.09. The Morgan fingerprint density at radius 3 is 2.60 bits per heavy atom. The topological polar surface area (TPSA) is 62.6 Å².